The lowest BCUT2D eigenvalue weighted by Gasteiger charge is -2.31. The van der Waals surface area contributed by atoms with Crippen LogP contribution < -0.4 is 4.72 Å². The van der Waals surface area contributed by atoms with E-state index in [1.807, 2.05) is 0 Å². The van der Waals surface area contributed by atoms with Crippen LogP contribution in [0.15, 0.2) is 0 Å². The Morgan fingerprint density at radius 2 is 1.76 bits per heavy atom. The predicted molar refractivity (Wildman–Crippen MR) is 65.9 cm³/mol. The van der Waals surface area contributed by atoms with Crippen LogP contribution >= 0.6 is 0 Å². The number of aliphatic carboxylic acids is 1. The molecular weight excluding hydrogens is 244 g/mol. The largest absolute Gasteiger partial charge is 0.480 e. The van der Waals surface area contributed by atoms with Crippen LogP contribution in [0.5, 0.6) is 0 Å². The van der Waals surface area contributed by atoms with E-state index in [9.17, 15) is 13.2 Å². The quantitative estimate of drug-likeness (QED) is 0.713. The van der Waals surface area contributed by atoms with Gasteiger partial charge in [-0.05, 0) is 26.7 Å². The summed E-state index contributed by atoms with van der Waals surface area (Å²) in [5.41, 5.74) is -1.43. The third kappa shape index (κ3) is 3.65. The zero-order chi connectivity index (χ0) is 13.9. The SMILES string of the molecule is CCC(CC)(NS(=O)(=O)N(C)C(C)C)C(=O)O. The van der Waals surface area contributed by atoms with E-state index in [2.05, 4.69) is 4.72 Å². The highest BCUT2D eigenvalue weighted by Gasteiger charge is 2.40. The smallest absolute Gasteiger partial charge is 0.324 e. The highest BCUT2D eigenvalue weighted by Crippen LogP contribution is 2.18. The van der Waals surface area contributed by atoms with Gasteiger partial charge in [-0.25, -0.2) is 0 Å². The molecule has 0 unspecified atom stereocenters. The topological polar surface area (TPSA) is 86.7 Å². The Morgan fingerprint density at radius 1 is 1.35 bits per heavy atom. The van der Waals surface area contributed by atoms with E-state index in [1.54, 1.807) is 27.7 Å². The number of carboxylic acid groups (broad SMARTS) is 1. The standard InChI is InChI=1S/C10H22N2O4S/c1-6-10(7-2,9(13)14)11-17(15,16)12(5)8(3)4/h8,11H,6-7H2,1-5H3,(H,13,14). The molecule has 2 N–H and O–H groups in total. The normalized spacial score (nSPS) is 13.4. The molecule has 0 aliphatic heterocycles. The number of carboxylic acids is 1. The molecule has 0 amide bonds. The van der Waals surface area contributed by atoms with E-state index in [-0.39, 0.29) is 18.9 Å². The maximum Gasteiger partial charge on any atom is 0.324 e. The van der Waals surface area contributed by atoms with Gasteiger partial charge in [0.05, 0.1) is 0 Å². The fraction of sp³-hybridized carbons (Fsp3) is 0.900. The van der Waals surface area contributed by atoms with Crippen LogP contribution in [-0.2, 0) is 15.0 Å². The van der Waals surface area contributed by atoms with Crippen LogP contribution in [0.4, 0.5) is 0 Å². The summed E-state index contributed by atoms with van der Waals surface area (Å²) >= 11 is 0. The molecule has 0 spiro atoms. The molecule has 0 atom stereocenters. The monoisotopic (exact) mass is 266 g/mol. The van der Waals surface area contributed by atoms with E-state index < -0.39 is 21.7 Å². The average Bonchev–Trinajstić information content (AvgIpc) is 2.24. The lowest BCUT2D eigenvalue weighted by Crippen LogP contribution is -2.57. The van der Waals surface area contributed by atoms with Crippen molar-refractivity contribution in [2.45, 2.75) is 52.1 Å². The number of hydrogen-bond donors (Lipinski definition) is 2. The van der Waals surface area contributed by atoms with Crippen LogP contribution in [0.2, 0.25) is 0 Å². The molecule has 0 saturated heterocycles. The first-order valence-electron chi connectivity index (χ1n) is 5.63. The maximum absolute atomic E-state index is 12.0. The van der Waals surface area contributed by atoms with Crippen LogP contribution in [0.3, 0.4) is 0 Å². The summed E-state index contributed by atoms with van der Waals surface area (Å²) in [5.74, 6) is -1.15. The Hall–Kier alpha value is -0.660. The Bertz CT molecular complexity index is 361. The van der Waals surface area contributed by atoms with E-state index in [4.69, 9.17) is 5.11 Å². The van der Waals surface area contributed by atoms with Gasteiger partial charge in [0.15, 0.2) is 0 Å². The molecule has 0 rings (SSSR count). The first kappa shape index (κ1) is 16.3. The molecule has 17 heavy (non-hydrogen) atoms. The number of carbonyl (C=O) groups is 1. The Kier molecular flexibility index (Phi) is 5.57. The number of hydrogen-bond acceptors (Lipinski definition) is 3. The molecule has 7 heteroatoms. The van der Waals surface area contributed by atoms with Crippen molar-refractivity contribution in [2.24, 2.45) is 0 Å². The van der Waals surface area contributed by atoms with Gasteiger partial charge < -0.3 is 5.11 Å². The van der Waals surface area contributed by atoms with Gasteiger partial charge in [0, 0.05) is 13.1 Å². The van der Waals surface area contributed by atoms with Crippen molar-refractivity contribution in [1.82, 2.24) is 9.03 Å². The van der Waals surface area contributed by atoms with Gasteiger partial charge in [-0.1, -0.05) is 13.8 Å². The second-order valence-corrected chi connectivity index (χ2v) is 6.04. The Labute approximate surface area is 103 Å². The third-order valence-corrected chi connectivity index (χ3v) is 4.88. The van der Waals surface area contributed by atoms with Crippen molar-refractivity contribution in [3.63, 3.8) is 0 Å². The lowest BCUT2D eigenvalue weighted by atomic mass is 9.95. The lowest BCUT2D eigenvalue weighted by molar-refractivity contribution is -0.144. The van der Waals surface area contributed by atoms with E-state index >= 15 is 0 Å². The van der Waals surface area contributed by atoms with Gasteiger partial charge >= 0.3 is 5.97 Å². The van der Waals surface area contributed by atoms with Crippen molar-refractivity contribution < 1.29 is 18.3 Å². The van der Waals surface area contributed by atoms with Gasteiger partial charge in [0.2, 0.25) is 0 Å². The highest BCUT2D eigenvalue weighted by molar-refractivity contribution is 7.87. The van der Waals surface area contributed by atoms with Crippen molar-refractivity contribution in [3.05, 3.63) is 0 Å². The van der Waals surface area contributed by atoms with Crippen LogP contribution in [0, 0.1) is 0 Å². The fourth-order valence-corrected chi connectivity index (χ4v) is 2.91. The van der Waals surface area contributed by atoms with Crippen molar-refractivity contribution in [3.8, 4) is 0 Å². The zero-order valence-electron chi connectivity index (χ0n) is 11.0. The minimum atomic E-state index is -3.78. The first-order chi connectivity index (χ1) is 7.63. The Morgan fingerprint density at radius 3 is 2.00 bits per heavy atom. The van der Waals surface area contributed by atoms with E-state index in [0.717, 1.165) is 4.31 Å². The van der Waals surface area contributed by atoms with Gasteiger partial charge in [-0.3, -0.25) is 4.79 Å². The fourth-order valence-electron chi connectivity index (χ4n) is 1.34. The zero-order valence-corrected chi connectivity index (χ0v) is 11.8. The summed E-state index contributed by atoms with van der Waals surface area (Å²) < 4.78 is 27.3. The van der Waals surface area contributed by atoms with Gasteiger partial charge in [0.25, 0.3) is 10.2 Å². The van der Waals surface area contributed by atoms with Gasteiger partial charge in [-0.2, -0.15) is 17.4 Å². The molecule has 0 fully saturated rings. The third-order valence-electron chi connectivity index (χ3n) is 3.05. The Balaban J connectivity index is 5.21. The van der Waals surface area contributed by atoms with Gasteiger partial charge in [0.1, 0.15) is 5.54 Å². The van der Waals surface area contributed by atoms with E-state index in [1.165, 1.54) is 7.05 Å². The van der Waals surface area contributed by atoms with Gasteiger partial charge in [-0.15, -0.1) is 0 Å². The first-order valence-corrected chi connectivity index (χ1v) is 7.07. The second kappa shape index (κ2) is 5.79. The molecular formula is C10H22N2O4S. The summed E-state index contributed by atoms with van der Waals surface area (Å²) in [6, 6.07) is -0.229. The molecule has 6 nitrogen and oxygen atoms in total. The maximum atomic E-state index is 12.0. The minimum absolute atomic E-state index is 0.198. The minimum Gasteiger partial charge on any atom is -0.480 e. The molecule has 102 valence electrons. The van der Waals surface area contributed by atoms with Crippen LogP contribution in [0.1, 0.15) is 40.5 Å². The summed E-state index contributed by atoms with van der Waals surface area (Å²) in [6.07, 6.45) is 0.397. The van der Waals surface area contributed by atoms with Crippen molar-refractivity contribution >= 4 is 16.2 Å². The second-order valence-electron chi connectivity index (χ2n) is 4.31. The summed E-state index contributed by atoms with van der Waals surface area (Å²) in [6.45, 7) is 6.74. The number of nitrogens with zero attached hydrogens (tertiary/aromatic N) is 1. The molecule has 0 radical (unpaired) electrons. The van der Waals surface area contributed by atoms with Crippen molar-refractivity contribution in [1.29, 1.82) is 0 Å². The summed E-state index contributed by atoms with van der Waals surface area (Å²) in [7, 11) is -2.36. The number of rotatable bonds is 7. The summed E-state index contributed by atoms with van der Waals surface area (Å²) in [5, 5.41) is 9.16. The number of nitrogens with one attached hydrogen (secondary N) is 1. The average molecular weight is 266 g/mol. The molecule has 0 heterocycles. The molecule has 0 bridgehead atoms. The molecule has 0 aromatic carbocycles. The predicted octanol–water partition coefficient (Wildman–Crippen LogP) is 0.804. The molecule has 0 aromatic rings. The molecule has 0 saturated carbocycles. The molecule has 0 aromatic heterocycles. The van der Waals surface area contributed by atoms with Crippen LogP contribution in [-0.4, -0.2) is 42.4 Å². The molecule has 0 aliphatic carbocycles. The van der Waals surface area contributed by atoms with Crippen LogP contribution in [0.25, 0.3) is 0 Å². The molecule has 0 aliphatic rings. The van der Waals surface area contributed by atoms with E-state index in [0.29, 0.717) is 0 Å². The highest BCUT2D eigenvalue weighted by atomic mass is 32.2. The van der Waals surface area contributed by atoms with Crippen molar-refractivity contribution in [2.75, 3.05) is 7.05 Å². The summed E-state index contributed by atoms with van der Waals surface area (Å²) in [4.78, 5) is 11.2.